The third-order valence-corrected chi connectivity index (χ3v) is 3.64. The molecule has 1 atom stereocenters. The van der Waals surface area contributed by atoms with Gasteiger partial charge < -0.3 is 5.32 Å². The summed E-state index contributed by atoms with van der Waals surface area (Å²) in [6.07, 6.45) is 4.31. The molecule has 16 heavy (non-hydrogen) atoms. The number of anilines is 1. The molecule has 0 spiro atoms. The van der Waals surface area contributed by atoms with Crippen molar-refractivity contribution in [2.45, 2.75) is 32.7 Å². The summed E-state index contributed by atoms with van der Waals surface area (Å²) < 4.78 is 1.82. The first-order valence-corrected chi connectivity index (χ1v) is 6.65. The molecule has 0 fully saturated rings. The second-order valence-corrected chi connectivity index (χ2v) is 5.14. The summed E-state index contributed by atoms with van der Waals surface area (Å²) in [7, 11) is 1.93. The molecule has 2 heterocycles. The lowest BCUT2D eigenvalue weighted by molar-refractivity contribution is 0.634. The van der Waals surface area contributed by atoms with Crippen molar-refractivity contribution in [3.8, 4) is 0 Å². The Hall–Kier alpha value is -0.970. The van der Waals surface area contributed by atoms with Crippen molar-refractivity contribution in [2.75, 3.05) is 11.1 Å². The van der Waals surface area contributed by atoms with E-state index in [1.165, 1.54) is 6.42 Å². The highest BCUT2D eigenvalue weighted by Gasteiger charge is 2.15. The van der Waals surface area contributed by atoms with Crippen LogP contribution in [0.3, 0.4) is 0 Å². The van der Waals surface area contributed by atoms with Crippen molar-refractivity contribution in [3.63, 3.8) is 0 Å². The number of thioether (sulfide) groups is 1. The lowest BCUT2D eigenvalue weighted by Gasteiger charge is -2.19. The second-order valence-electron chi connectivity index (χ2n) is 4.06. The Kier molecular flexibility index (Phi) is 3.53. The van der Waals surface area contributed by atoms with Gasteiger partial charge in [-0.15, -0.1) is 0 Å². The van der Waals surface area contributed by atoms with Gasteiger partial charge in [0.15, 0.2) is 5.17 Å². The highest BCUT2D eigenvalue weighted by atomic mass is 32.2. The second kappa shape index (κ2) is 4.91. The number of aliphatic imine (C=N–C) groups is 1. The number of aryl methyl sites for hydroxylation is 2. The smallest absolute Gasteiger partial charge is 0.161 e. The lowest BCUT2D eigenvalue weighted by Crippen LogP contribution is -2.19. The Balaban J connectivity index is 2.09. The molecule has 4 nitrogen and oxygen atoms in total. The molecule has 1 N–H and O–H groups in total. The molecular weight excluding hydrogens is 220 g/mol. The Morgan fingerprint density at radius 1 is 1.62 bits per heavy atom. The number of hydrogen-bond acceptors (Lipinski definition) is 4. The summed E-state index contributed by atoms with van der Waals surface area (Å²) in [6.45, 7) is 4.20. The maximum absolute atomic E-state index is 4.68. The fourth-order valence-corrected chi connectivity index (χ4v) is 2.75. The van der Waals surface area contributed by atoms with E-state index in [1.54, 1.807) is 11.8 Å². The monoisotopic (exact) mass is 238 g/mol. The van der Waals surface area contributed by atoms with Crippen LogP contribution in [0, 0.1) is 6.92 Å². The van der Waals surface area contributed by atoms with Gasteiger partial charge in [-0.05, 0) is 19.8 Å². The standard InChI is InChI=1S/C11H18N4S/c1-4-9-5-6-16-11(12-9)13-10-7-15(3)14-8(10)2/h7,9H,4-6H2,1-3H3,(H,12,13). The Bertz CT molecular complexity index is 397. The molecule has 0 radical (unpaired) electrons. The SMILES string of the molecule is CCC1CCSC(Nc2cn(C)nc2C)=N1. The first-order chi connectivity index (χ1) is 7.69. The van der Waals surface area contributed by atoms with Crippen LogP contribution in [0.5, 0.6) is 0 Å². The van der Waals surface area contributed by atoms with Crippen LogP contribution in [-0.4, -0.2) is 26.7 Å². The highest BCUT2D eigenvalue weighted by molar-refractivity contribution is 8.14. The van der Waals surface area contributed by atoms with Crippen molar-refractivity contribution < 1.29 is 0 Å². The Labute approximate surface area is 101 Å². The van der Waals surface area contributed by atoms with E-state index in [2.05, 4.69) is 22.3 Å². The molecular formula is C11H18N4S. The van der Waals surface area contributed by atoms with Crippen molar-refractivity contribution in [1.82, 2.24) is 9.78 Å². The minimum atomic E-state index is 0.487. The molecule has 1 aliphatic heterocycles. The Morgan fingerprint density at radius 3 is 3.06 bits per heavy atom. The van der Waals surface area contributed by atoms with Crippen LogP contribution in [0.1, 0.15) is 25.5 Å². The molecule has 5 heteroatoms. The number of aromatic nitrogens is 2. The maximum Gasteiger partial charge on any atom is 0.161 e. The predicted molar refractivity (Wildman–Crippen MR) is 70.2 cm³/mol. The van der Waals surface area contributed by atoms with Gasteiger partial charge in [0.1, 0.15) is 0 Å². The average molecular weight is 238 g/mol. The third kappa shape index (κ3) is 2.58. The van der Waals surface area contributed by atoms with Gasteiger partial charge in [0, 0.05) is 19.0 Å². The molecule has 1 aliphatic rings. The molecule has 0 amide bonds. The van der Waals surface area contributed by atoms with Gasteiger partial charge in [-0.3, -0.25) is 9.67 Å². The van der Waals surface area contributed by atoms with E-state index in [0.717, 1.165) is 28.7 Å². The van der Waals surface area contributed by atoms with E-state index >= 15 is 0 Å². The maximum atomic E-state index is 4.68. The van der Waals surface area contributed by atoms with Crippen LogP contribution in [-0.2, 0) is 7.05 Å². The molecule has 0 saturated heterocycles. The van der Waals surface area contributed by atoms with E-state index in [0.29, 0.717) is 6.04 Å². The summed E-state index contributed by atoms with van der Waals surface area (Å²) in [4.78, 5) is 4.68. The van der Waals surface area contributed by atoms with Gasteiger partial charge in [-0.2, -0.15) is 5.10 Å². The molecule has 0 aliphatic carbocycles. The number of hydrogen-bond donors (Lipinski definition) is 1. The molecule has 88 valence electrons. The minimum Gasteiger partial charge on any atom is -0.332 e. The number of nitrogens with one attached hydrogen (secondary N) is 1. The normalized spacial score (nSPS) is 20.7. The zero-order chi connectivity index (χ0) is 11.5. The Morgan fingerprint density at radius 2 is 2.44 bits per heavy atom. The van der Waals surface area contributed by atoms with E-state index in [1.807, 2.05) is 24.9 Å². The van der Waals surface area contributed by atoms with Crippen LogP contribution in [0.25, 0.3) is 0 Å². The van der Waals surface area contributed by atoms with Crippen LogP contribution in [0.2, 0.25) is 0 Å². The van der Waals surface area contributed by atoms with Gasteiger partial charge in [0.25, 0.3) is 0 Å². The van der Waals surface area contributed by atoms with Gasteiger partial charge >= 0.3 is 0 Å². The average Bonchev–Trinajstić information content (AvgIpc) is 2.58. The van der Waals surface area contributed by atoms with Crippen molar-refractivity contribution in [1.29, 1.82) is 0 Å². The number of nitrogens with zero attached hydrogens (tertiary/aromatic N) is 3. The first-order valence-electron chi connectivity index (χ1n) is 5.67. The van der Waals surface area contributed by atoms with Gasteiger partial charge in [0.2, 0.25) is 0 Å². The summed E-state index contributed by atoms with van der Waals surface area (Å²) in [5.41, 5.74) is 2.08. The van der Waals surface area contributed by atoms with E-state index < -0.39 is 0 Å². The molecule has 0 bridgehead atoms. The van der Waals surface area contributed by atoms with Crippen molar-refractivity contribution in [3.05, 3.63) is 11.9 Å². The van der Waals surface area contributed by atoms with Gasteiger partial charge in [-0.1, -0.05) is 18.7 Å². The third-order valence-electron chi connectivity index (χ3n) is 2.72. The molecule has 0 aromatic carbocycles. The van der Waals surface area contributed by atoms with Gasteiger partial charge in [-0.25, -0.2) is 0 Å². The minimum absolute atomic E-state index is 0.487. The fourth-order valence-electron chi connectivity index (χ4n) is 1.76. The summed E-state index contributed by atoms with van der Waals surface area (Å²) in [6, 6.07) is 0.487. The summed E-state index contributed by atoms with van der Waals surface area (Å²) in [5.74, 6) is 1.16. The van der Waals surface area contributed by atoms with E-state index in [-0.39, 0.29) is 0 Å². The van der Waals surface area contributed by atoms with Crippen LogP contribution >= 0.6 is 11.8 Å². The summed E-state index contributed by atoms with van der Waals surface area (Å²) >= 11 is 1.80. The molecule has 1 aromatic heterocycles. The van der Waals surface area contributed by atoms with Crippen LogP contribution in [0.4, 0.5) is 5.69 Å². The zero-order valence-electron chi connectivity index (χ0n) is 10.0. The van der Waals surface area contributed by atoms with Gasteiger partial charge in [0.05, 0.1) is 17.4 Å². The van der Waals surface area contributed by atoms with E-state index in [4.69, 9.17) is 0 Å². The number of amidine groups is 1. The topological polar surface area (TPSA) is 42.2 Å². The highest BCUT2D eigenvalue weighted by Crippen LogP contribution is 2.22. The van der Waals surface area contributed by atoms with E-state index in [9.17, 15) is 0 Å². The molecule has 0 saturated carbocycles. The van der Waals surface area contributed by atoms with Crippen LogP contribution < -0.4 is 5.32 Å². The lowest BCUT2D eigenvalue weighted by atomic mass is 10.2. The molecule has 1 aromatic rings. The van der Waals surface area contributed by atoms with Crippen molar-refractivity contribution >= 4 is 22.6 Å². The fraction of sp³-hybridized carbons (Fsp3) is 0.636. The number of rotatable bonds is 2. The predicted octanol–water partition coefficient (Wildman–Crippen LogP) is 2.41. The first kappa shape index (κ1) is 11.5. The zero-order valence-corrected chi connectivity index (χ0v) is 10.8. The molecule has 1 unspecified atom stereocenters. The van der Waals surface area contributed by atoms with Crippen LogP contribution in [0.15, 0.2) is 11.2 Å². The largest absolute Gasteiger partial charge is 0.332 e. The molecule has 2 rings (SSSR count). The quantitative estimate of drug-likeness (QED) is 0.860. The van der Waals surface area contributed by atoms with Crippen molar-refractivity contribution in [2.24, 2.45) is 12.0 Å². The summed E-state index contributed by atoms with van der Waals surface area (Å²) in [5, 5.41) is 8.71.